The van der Waals surface area contributed by atoms with Crippen LogP contribution in [0.1, 0.15) is 25.3 Å². The Morgan fingerprint density at radius 1 is 0.912 bits per heavy atom. The number of hydrogen-bond acceptors (Lipinski definition) is 7. The number of likely N-dealkylation sites (tertiary alicyclic amines) is 1. The van der Waals surface area contributed by atoms with Gasteiger partial charge >= 0.3 is 18.0 Å². The number of aliphatic carboxylic acids is 2. The molecule has 2 fully saturated rings. The van der Waals surface area contributed by atoms with Crippen molar-refractivity contribution in [2.75, 3.05) is 53.0 Å². The van der Waals surface area contributed by atoms with Crippen LogP contribution >= 0.6 is 0 Å². The summed E-state index contributed by atoms with van der Waals surface area (Å²) in [7, 11) is 1.70. The van der Waals surface area contributed by atoms with Crippen molar-refractivity contribution in [1.82, 2.24) is 14.7 Å². The summed E-state index contributed by atoms with van der Waals surface area (Å²) >= 11 is 0. The predicted octanol–water partition coefficient (Wildman–Crippen LogP) is 1.36. The molecule has 11 heteroatoms. The highest BCUT2D eigenvalue weighted by Gasteiger charge is 2.31. The van der Waals surface area contributed by atoms with Crippen molar-refractivity contribution in [3.05, 3.63) is 29.8 Å². The van der Waals surface area contributed by atoms with E-state index in [2.05, 4.69) is 11.0 Å². The summed E-state index contributed by atoms with van der Waals surface area (Å²) in [6.45, 7) is 7.16. The molecule has 1 aromatic rings. The quantitative estimate of drug-likeness (QED) is 0.600. The largest absolute Gasteiger partial charge is 0.496 e. The van der Waals surface area contributed by atoms with Gasteiger partial charge in [-0.25, -0.2) is 14.4 Å². The molecule has 11 nitrogen and oxygen atoms in total. The van der Waals surface area contributed by atoms with Crippen molar-refractivity contribution in [2.45, 2.75) is 26.3 Å². The Kier molecular flexibility index (Phi) is 10.6. The average Bonchev–Trinajstić information content (AvgIpc) is 2.85. The minimum absolute atomic E-state index is 0.0862. The van der Waals surface area contributed by atoms with E-state index in [1.807, 2.05) is 23.1 Å². The highest BCUT2D eigenvalue weighted by molar-refractivity contribution is 6.27. The SMILES string of the molecule is CCOC(=O)N1CCN(C(=O)C2CCN(Cc3ccccc3OC)CC2)CC1.O=C(O)C(=O)O. The van der Waals surface area contributed by atoms with E-state index in [-0.39, 0.29) is 17.9 Å². The van der Waals surface area contributed by atoms with Gasteiger partial charge in [0.05, 0.1) is 13.7 Å². The Hall–Kier alpha value is -3.34. The van der Waals surface area contributed by atoms with Crippen LogP contribution in [0.2, 0.25) is 0 Å². The molecule has 0 aliphatic carbocycles. The average molecular weight is 480 g/mol. The van der Waals surface area contributed by atoms with Crippen molar-refractivity contribution < 1.29 is 38.9 Å². The van der Waals surface area contributed by atoms with Gasteiger partial charge in [-0.1, -0.05) is 18.2 Å². The van der Waals surface area contributed by atoms with Gasteiger partial charge < -0.3 is 29.5 Å². The second-order valence-corrected chi connectivity index (χ2v) is 7.98. The smallest absolute Gasteiger partial charge is 0.414 e. The minimum Gasteiger partial charge on any atom is -0.496 e. The maximum Gasteiger partial charge on any atom is 0.414 e. The Bertz CT molecular complexity index is 834. The van der Waals surface area contributed by atoms with E-state index in [1.165, 1.54) is 5.56 Å². The van der Waals surface area contributed by atoms with Gasteiger partial charge in [0.15, 0.2) is 0 Å². The fourth-order valence-electron chi connectivity index (χ4n) is 3.99. The van der Waals surface area contributed by atoms with Crippen molar-refractivity contribution >= 4 is 23.9 Å². The van der Waals surface area contributed by atoms with E-state index in [0.717, 1.165) is 38.2 Å². The summed E-state index contributed by atoms with van der Waals surface area (Å²) in [6.07, 6.45) is 1.48. The molecule has 0 unspecified atom stereocenters. The van der Waals surface area contributed by atoms with Gasteiger partial charge in [0, 0.05) is 44.2 Å². The van der Waals surface area contributed by atoms with Crippen molar-refractivity contribution in [3.8, 4) is 5.75 Å². The van der Waals surface area contributed by atoms with Gasteiger partial charge in [-0.05, 0) is 38.9 Å². The topological polar surface area (TPSA) is 137 Å². The molecule has 1 aromatic carbocycles. The van der Waals surface area contributed by atoms with E-state index >= 15 is 0 Å². The lowest BCUT2D eigenvalue weighted by atomic mass is 9.94. The molecule has 0 bridgehead atoms. The first-order valence-corrected chi connectivity index (χ1v) is 11.3. The number of ether oxygens (including phenoxy) is 2. The Balaban J connectivity index is 0.000000604. The van der Waals surface area contributed by atoms with Crippen LogP contribution in [-0.4, -0.2) is 102 Å². The van der Waals surface area contributed by atoms with Gasteiger partial charge in [-0.3, -0.25) is 9.69 Å². The van der Waals surface area contributed by atoms with Crippen LogP contribution in [0, 0.1) is 5.92 Å². The lowest BCUT2D eigenvalue weighted by molar-refractivity contribution is -0.159. The first-order chi connectivity index (χ1) is 16.3. The van der Waals surface area contributed by atoms with Crippen molar-refractivity contribution in [1.29, 1.82) is 0 Å². The number of carboxylic acids is 2. The van der Waals surface area contributed by atoms with Crippen LogP contribution in [0.5, 0.6) is 5.75 Å². The van der Waals surface area contributed by atoms with Crippen LogP contribution < -0.4 is 4.74 Å². The number of nitrogens with zero attached hydrogens (tertiary/aromatic N) is 3. The van der Waals surface area contributed by atoms with E-state index in [9.17, 15) is 9.59 Å². The summed E-state index contributed by atoms with van der Waals surface area (Å²) < 4.78 is 10.5. The van der Waals surface area contributed by atoms with Crippen LogP contribution in [0.25, 0.3) is 0 Å². The molecule has 0 aromatic heterocycles. The van der Waals surface area contributed by atoms with Crippen LogP contribution in [0.3, 0.4) is 0 Å². The number of hydrogen-bond donors (Lipinski definition) is 2. The number of carboxylic acid groups (broad SMARTS) is 2. The molecule has 34 heavy (non-hydrogen) atoms. The molecule has 0 radical (unpaired) electrons. The highest BCUT2D eigenvalue weighted by Crippen LogP contribution is 2.25. The molecule has 2 aliphatic heterocycles. The number of methoxy groups -OCH3 is 1. The molecule has 2 heterocycles. The van der Waals surface area contributed by atoms with Gasteiger partial charge in [0.2, 0.25) is 5.91 Å². The first-order valence-electron chi connectivity index (χ1n) is 11.3. The molecule has 2 aliphatic rings. The molecular weight excluding hydrogens is 446 g/mol. The van der Waals surface area contributed by atoms with Gasteiger partial charge in [0.1, 0.15) is 5.75 Å². The third-order valence-corrected chi connectivity index (χ3v) is 5.82. The van der Waals surface area contributed by atoms with Crippen LogP contribution in [0.15, 0.2) is 24.3 Å². The van der Waals surface area contributed by atoms with Gasteiger partial charge in [-0.2, -0.15) is 0 Å². The van der Waals surface area contributed by atoms with E-state index in [1.54, 1.807) is 18.9 Å². The fraction of sp³-hybridized carbons (Fsp3) is 0.565. The minimum atomic E-state index is -1.82. The molecule has 0 atom stereocenters. The number of piperidine rings is 1. The molecule has 0 spiro atoms. The Morgan fingerprint density at radius 2 is 1.47 bits per heavy atom. The van der Waals surface area contributed by atoms with E-state index < -0.39 is 11.9 Å². The van der Waals surface area contributed by atoms with E-state index in [0.29, 0.717) is 32.8 Å². The standard InChI is InChI=1S/C21H31N3O4.C2H2O4/c1-3-28-21(26)24-14-12-23(13-15-24)20(25)17-8-10-22(11-9-17)16-18-6-4-5-7-19(18)27-2;3-1(4)2(5)6/h4-7,17H,3,8-16H2,1-2H3;(H,3,4)(H,5,6). The summed E-state index contributed by atoms with van der Waals surface area (Å²) in [5.74, 6) is -2.41. The molecule has 3 rings (SSSR count). The van der Waals surface area contributed by atoms with Gasteiger partial charge in [0.25, 0.3) is 0 Å². The Morgan fingerprint density at radius 3 is 2.00 bits per heavy atom. The third-order valence-electron chi connectivity index (χ3n) is 5.82. The lowest BCUT2D eigenvalue weighted by Crippen LogP contribution is -2.53. The molecule has 188 valence electrons. The summed E-state index contributed by atoms with van der Waals surface area (Å²) in [5, 5.41) is 14.8. The molecule has 2 amide bonds. The number of piperazine rings is 1. The summed E-state index contributed by atoms with van der Waals surface area (Å²) in [6, 6.07) is 8.10. The number of amides is 2. The zero-order valence-corrected chi connectivity index (χ0v) is 19.6. The van der Waals surface area contributed by atoms with Crippen molar-refractivity contribution in [3.63, 3.8) is 0 Å². The zero-order valence-electron chi connectivity index (χ0n) is 19.6. The van der Waals surface area contributed by atoms with E-state index in [4.69, 9.17) is 29.3 Å². The number of carbonyl (C=O) groups excluding carboxylic acids is 2. The zero-order chi connectivity index (χ0) is 25.1. The fourth-order valence-corrected chi connectivity index (χ4v) is 3.99. The maximum atomic E-state index is 12.9. The second kappa shape index (κ2) is 13.4. The summed E-state index contributed by atoms with van der Waals surface area (Å²) in [5.41, 5.74) is 1.19. The Labute approximate surface area is 198 Å². The number of para-hydroxylation sites is 1. The molecule has 0 saturated carbocycles. The monoisotopic (exact) mass is 479 g/mol. The molecular formula is C23H33N3O8. The normalized spacial score (nSPS) is 16.8. The summed E-state index contributed by atoms with van der Waals surface area (Å²) in [4.78, 5) is 48.9. The van der Waals surface area contributed by atoms with Gasteiger partial charge in [-0.15, -0.1) is 0 Å². The number of carbonyl (C=O) groups is 4. The number of rotatable bonds is 5. The molecule has 2 saturated heterocycles. The van der Waals surface area contributed by atoms with Crippen molar-refractivity contribution in [2.24, 2.45) is 5.92 Å². The number of benzene rings is 1. The third kappa shape index (κ3) is 7.91. The van der Waals surface area contributed by atoms with Crippen LogP contribution in [0.4, 0.5) is 4.79 Å². The second-order valence-electron chi connectivity index (χ2n) is 7.98. The van der Waals surface area contributed by atoms with Crippen LogP contribution in [-0.2, 0) is 25.7 Å². The lowest BCUT2D eigenvalue weighted by Gasteiger charge is -2.38. The predicted molar refractivity (Wildman–Crippen MR) is 121 cm³/mol. The highest BCUT2D eigenvalue weighted by atomic mass is 16.6. The maximum absolute atomic E-state index is 12.9. The first kappa shape index (κ1) is 26.9. The molecule has 2 N–H and O–H groups in total.